The number of rotatable bonds is 3. The lowest BCUT2D eigenvalue weighted by molar-refractivity contribution is -0.109. The third-order valence-electron chi connectivity index (χ3n) is 2.21. The molecule has 0 saturated heterocycles. The van der Waals surface area contributed by atoms with Crippen molar-refractivity contribution in [1.82, 2.24) is 0 Å². The van der Waals surface area contributed by atoms with Crippen LogP contribution >= 0.6 is 0 Å². The van der Waals surface area contributed by atoms with Gasteiger partial charge in [-0.2, -0.15) is 0 Å². The van der Waals surface area contributed by atoms with Gasteiger partial charge in [-0.1, -0.05) is 20.8 Å². The van der Waals surface area contributed by atoms with Crippen molar-refractivity contribution in [2.24, 2.45) is 0 Å². The van der Waals surface area contributed by atoms with Gasteiger partial charge in [-0.15, -0.1) is 0 Å². The molecule has 0 heterocycles. The zero-order valence-electron chi connectivity index (χ0n) is 9.89. The lowest BCUT2D eigenvalue weighted by Crippen LogP contribution is -2.41. The minimum absolute atomic E-state index is 0.0260. The molecule has 0 aromatic carbocycles. The molecular weight excluding hydrogens is 156 g/mol. The summed E-state index contributed by atoms with van der Waals surface area (Å²) in [5.41, 5.74) is 0. The Labute approximate surface area is 72.9 Å². The summed E-state index contributed by atoms with van der Waals surface area (Å²) in [7, 11) is -2.06. The molecule has 0 rings (SSSR count). The molecule has 0 amide bonds. The smallest absolute Gasteiger partial charge is 0.192 e. The molecule has 0 aromatic rings. The highest BCUT2D eigenvalue weighted by atomic mass is 28.4. The van der Waals surface area contributed by atoms with Crippen LogP contribution in [0.2, 0.25) is 18.1 Å². The molecule has 11 heavy (non-hydrogen) atoms. The van der Waals surface area contributed by atoms with Crippen molar-refractivity contribution in [1.29, 1.82) is 0 Å². The van der Waals surface area contributed by atoms with E-state index in [1.165, 1.54) is 0 Å². The topological polar surface area (TPSA) is 26.3 Å². The molecule has 0 aliphatic carbocycles. The van der Waals surface area contributed by atoms with Gasteiger partial charge < -0.3 is 9.22 Å². The molecule has 0 N–H and O–H groups in total. The first-order valence-electron chi connectivity index (χ1n) is 4.76. The summed E-state index contributed by atoms with van der Waals surface area (Å²) in [6.07, 6.45) is -0.968. The van der Waals surface area contributed by atoms with Gasteiger partial charge in [-0.25, -0.2) is 0 Å². The lowest BCUT2D eigenvalue weighted by Gasteiger charge is -2.35. The average molecular weight is 176 g/mol. The highest BCUT2D eigenvalue weighted by Crippen LogP contribution is 2.36. The first kappa shape index (κ1) is 7.49. The van der Waals surface area contributed by atoms with E-state index < -0.39 is 21.2 Å². The molecule has 1 atom stereocenters. The highest BCUT2D eigenvalue weighted by molar-refractivity contribution is 6.74. The predicted octanol–water partition coefficient (Wildman–Crippen LogP) is 2.21. The zero-order valence-corrected chi connectivity index (χ0v) is 8.89. The van der Waals surface area contributed by atoms with Crippen LogP contribution in [0, 0.1) is 0 Å². The van der Waals surface area contributed by atoms with Gasteiger partial charge in [0.1, 0.15) is 7.63 Å². The van der Waals surface area contributed by atoms with E-state index in [4.69, 9.17) is 7.17 Å². The van der Waals surface area contributed by atoms with Gasteiger partial charge in [0, 0.05) is 0 Å². The SMILES string of the molecule is [2H]C(=O)C([2H])O[Si](C)(C)C(C)(C)C. The summed E-state index contributed by atoms with van der Waals surface area (Å²) in [5, 5.41) is -0.0260. The van der Waals surface area contributed by atoms with Crippen LogP contribution in [-0.2, 0) is 9.22 Å². The van der Waals surface area contributed by atoms with Crippen molar-refractivity contribution in [3.8, 4) is 0 Å². The molecule has 0 aromatic heterocycles. The van der Waals surface area contributed by atoms with Crippen LogP contribution in [0.1, 0.15) is 23.5 Å². The van der Waals surface area contributed by atoms with Gasteiger partial charge in [0.2, 0.25) is 0 Å². The molecule has 0 bridgehead atoms. The summed E-state index contributed by atoms with van der Waals surface area (Å²) in [6.45, 7) is 8.66. The Morgan fingerprint density at radius 3 is 2.36 bits per heavy atom. The van der Waals surface area contributed by atoms with Crippen LogP contribution in [0.4, 0.5) is 0 Å². The molecule has 66 valence electrons. The van der Waals surface area contributed by atoms with Gasteiger partial charge in [0.15, 0.2) is 8.32 Å². The minimum Gasteiger partial charge on any atom is -0.410 e. The fourth-order valence-electron chi connectivity index (χ4n) is 0.348. The van der Waals surface area contributed by atoms with Crippen molar-refractivity contribution in [3.05, 3.63) is 0 Å². The van der Waals surface area contributed by atoms with Crippen molar-refractivity contribution in [2.45, 2.75) is 38.9 Å². The predicted molar refractivity (Wildman–Crippen MR) is 49.2 cm³/mol. The molecule has 0 spiro atoms. The Balaban J connectivity index is 4.43. The summed E-state index contributed by atoms with van der Waals surface area (Å²) in [5.74, 6) is 0. The average Bonchev–Trinajstić information content (AvgIpc) is 1.83. The Morgan fingerprint density at radius 2 is 2.09 bits per heavy atom. The van der Waals surface area contributed by atoms with Crippen molar-refractivity contribution in [2.75, 3.05) is 6.58 Å². The summed E-state index contributed by atoms with van der Waals surface area (Å²) >= 11 is 0. The van der Waals surface area contributed by atoms with E-state index >= 15 is 0 Å². The zero-order chi connectivity index (χ0) is 10.9. The maximum absolute atomic E-state index is 10.5. The maximum atomic E-state index is 10.5. The minimum atomic E-state index is -2.06. The Morgan fingerprint density at radius 1 is 1.64 bits per heavy atom. The van der Waals surface area contributed by atoms with Gasteiger partial charge >= 0.3 is 0 Å². The van der Waals surface area contributed by atoms with Gasteiger partial charge in [0.25, 0.3) is 0 Å². The maximum Gasteiger partial charge on any atom is 0.192 e. The first-order valence-corrected chi connectivity index (χ1v) is 6.59. The van der Waals surface area contributed by atoms with E-state index in [1.807, 2.05) is 33.9 Å². The molecule has 0 saturated carbocycles. The van der Waals surface area contributed by atoms with Crippen molar-refractivity contribution in [3.63, 3.8) is 0 Å². The Kier molecular flexibility index (Phi) is 2.38. The van der Waals surface area contributed by atoms with Crippen LogP contribution in [0.25, 0.3) is 0 Å². The summed E-state index contributed by atoms with van der Waals surface area (Å²) in [4.78, 5) is 10.5. The van der Waals surface area contributed by atoms with Gasteiger partial charge in [0.05, 0.1) is 7.95 Å². The second-order valence-corrected chi connectivity index (χ2v) is 8.87. The van der Waals surface area contributed by atoms with E-state index in [2.05, 4.69) is 0 Å². The normalized spacial score (nSPS) is 18.6. The van der Waals surface area contributed by atoms with Crippen LogP contribution in [-0.4, -0.2) is 21.2 Å². The van der Waals surface area contributed by atoms with E-state index in [-0.39, 0.29) is 5.04 Å². The van der Waals surface area contributed by atoms with Crippen LogP contribution in [0.5, 0.6) is 0 Å². The van der Waals surface area contributed by atoms with E-state index in [9.17, 15) is 4.79 Å². The van der Waals surface area contributed by atoms with Crippen molar-refractivity contribution < 1.29 is 12.0 Å². The van der Waals surface area contributed by atoms with Gasteiger partial charge in [-0.3, -0.25) is 0 Å². The molecule has 3 heteroatoms. The molecule has 2 nitrogen and oxygen atoms in total. The third kappa shape index (κ3) is 3.16. The molecular formula is C8H18O2Si. The van der Waals surface area contributed by atoms with Crippen LogP contribution < -0.4 is 0 Å². The third-order valence-corrected chi connectivity index (χ3v) is 6.53. The largest absolute Gasteiger partial charge is 0.410 e. The number of hydrogen-bond acceptors (Lipinski definition) is 2. The highest BCUT2D eigenvalue weighted by Gasteiger charge is 2.36. The second kappa shape index (κ2) is 3.50. The van der Waals surface area contributed by atoms with Gasteiger partial charge in [-0.05, 0) is 18.1 Å². The number of hydrogen-bond donors (Lipinski definition) is 0. The van der Waals surface area contributed by atoms with Crippen LogP contribution in [0.15, 0.2) is 0 Å². The van der Waals surface area contributed by atoms with E-state index in [0.29, 0.717) is 0 Å². The second-order valence-electron chi connectivity index (χ2n) is 4.11. The summed E-state index contributed by atoms with van der Waals surface area (Å²) in [6, 6.07) is 0. The Hall–Kier alpha value is -0.153. The lowest BCUT2D eigenvalue weighted by atomic mass is 10.2. The molecule has 0 aliphatic rings. The quantitative estimate of drug-likeness (QED) is 0.487. The fraction of sp³-hybridized carbons (Fsp3) is 0.875. The fourth-order valence-corrected chi connectivity index (χ4v) is 1.04. The standard InChI is InChI=1S/C8H18O2Si/c1-8(2,3)11(4,5)10-7-6-9/h6H,7H2,1-5H3/i6D,7D. The van der Waals surface area contributed by atoms with E-state index in [0.717, 1.165) is 0 Å². The van der Waals surface area contributed by atoms with E-state index in [1.54, 1.807) is 0 Å². The number of carbonyl (C=O) groups is 1. The molecule has 0 radical (unpaired) electrons. The molecule has 0 aliphatic heterocycles. The first-order chi connectivity index (χ1) is 5.58. The number of aldehydes is 1. The summed E-state index contributed by atoms with van der Waals surface area (Å²) < 4.78 is 19.3. The van der Waals surface area contributed by atoms with Crippen molar-refractivity contribution >= 4 is 14.6 Å². The van der Waals surface area contributed by atoms with Crippen LogP contribution in [0.3, 0.4) is 0 Å². The molecule has 1 unspecified atom stereocenters. The number of carbonyl (C=O) groups excluding carboxylic acids is 1. The monoisotopic (exact) mass is 176 g/mol. The Bertz CT molecular complexity index is 199. The molecule has 0 fully saturated rings.